The number of thiazole rings is 1. The minimum Gasteiger partial charge on any atom is -0.289 e. The monoisotopic (exact) mass is 317 g/mol. The second kappa shape index (κ2) is 6.77. The molecule has 4 nitrogen and oxygen atoms in total. The SMILES string of the molecule is N#Cc1ccc(C(=O)/C=C\c2csc(-c3ccccn3)n2)cc1. The van der Waals surface area contributed by atoms with E-state index in [1.165, 1.54) is 17.4 Å². The summed E-state index contributed by atoms with van der Waals surface area (Å²) in [6, 6.07) is 14.2. The molecule has 0 aliphatic carbocycles. The van der Waals surface area contributed by atoms with Crippen molar-refractivity contribution in [3.63, 3.8) is 0 Å². The van der Waals surface area contributed by atoms with Gasteiger partial charge < -0.3 is 0 Å². The van der Waals surface area contributed by atoms with E-state index < -0.39 is 0 Å². The van der Waals surface area contributed by atoms with Crippen LogP contribution in [0, 0.1) is 11.3 Å². The van der Waals surface area contributed by atoms with Gasteiger partial charge in [0.1, 0.15) is 5.01 Å². The Morgan fingerprint density at radius 2 is 2.00 bits per heavy atom. The largest absolute Gasteiger partial charge is 0.289 e. The van der Waals surface area contributed by atoms with E-state index in [9.17, 15) is 4.79 Å². The molecule has 0 radical (unpaired) electrons. The van der Waals surface area contributed by atoms with E-state index in [2.05, 4.69) is 9.97 Å². The van der Waals surface area contributed by atoms with E-state index in [1.54, 1.807) is 36.5 Å². The number of aromatic nitrogens is 2. The molecule has 0 saturated heterocycles. The number of carbonyl (C=O) groups excluding carboxylic acids is 1. The van der Waals surface area contributed by atoms with E-state index in [1.807, 2.05) is 29.6 Å². The first kappa shape index (κ1) is 14.8. The third kappa shape index (κ3) is 3.57. The second-order valence-corrected chi connectivity index (χ2v) is 5.54. The van der Waals surface area contributed by atoms with Gasteiger partial charge in [-0.25, -0.2) is 4.98 Å². The third-order valence-corrected chi connectivity index (χ3v) is 3.99. The topological polar surface area (TPSA) is 66.6 Å². The lowest BCUT2D eigenvalue weighted by Gasteiger charge is -1.95. The molecule has 0 unspecified atom stereocenters. The fourth-order valence-corrected chi connectivity index (χ4v) is 2.70. The second-order valence-electron chi connectivity index (χ2n) is 4.68. The van der Waals surface area contributed by atoms with Crippen LogP contribution < -0.4 is 0 Å². The molecule has 0 atom stereocenters. The van der Waals surface area contributed by atoms with Gasteiger partial charge in [-0.15, -0.1) is 11.3 Å². The van der Waals surface area contributed by atoms with Crippen molar-refractivity contribution in [1.29, 1.82) is 5.26 Å². The van der Waals surface area contributed by atoms with E-state index in [0.29, 0.717) is 11.1 Å². The van der Waals surface area contributed by atoms with Crippen LogP contribution in [0.5, 0.6) is 0 Å². The summed E-state index contributed by atoms with van der Waals surface area (Å²) < 4.78 is 0. The summed E-state index contributed by atoms with van der Waals surface area (Å²) in [5.74, 6) is -0.123. The number of benzene rings is 1. The summed E-state index contributed by atoms with van der Waals surface area (Å²) in [7, 11) is 0. The Labute approximate surface area is 137 Å². The maximum atomic E-state index is 12.1. The van der Waals surface area contributed by atoms with Crippen molar-refractivity contribution in [2.75, 3.05) is 0 Å². The smallest absolute Gasteiger partial charge is 0.185 e. The molecule has 0 N–H and O–H groups in total. The quantitative estimate of drug-likeness (QED) is 0.539. The number of pyridine rings is 1. The van der Waals surface area contributed by atoms with Crippen LogP contribution in [0.25, 0.3) is 16.8 Å². The van der Waals surface area contributed by atoms with Crippen molar-refractivity contribution >= 4 is 23.2 Å². The first-order valence-corrected chi connectivity index (χ1v) is 7.74. The average molecular weight is 317 g/mol. The molecule has 0 bridgehead atoms. The highest BCUT2D eigenvalue weighted by molar-refractivity contribution is 7.13. The molecule has 3 rings (SSSR count). The summed E-state index contributed by atoms with van der Waals surface area (Å²) in [6.45, 7) is 0. The minimum atomic E-state index is -0.123. The molecule has 1 aromatic carbocycles. The van der Waals surface area contributed by atoms with Crippen LogP contribution in [0.1, 0.15) is 21.6 Å². The highest BCUT2D eigenvalue weighted by atomic mass is 32.1. The number of allylic oxidation sites excluding steroid dienone is 1. The zero-order chi connectivity index (χ0) is 16.1. The normalized spacial score (nSPS) is 10.6. The number of rotatable bonds is 4. The number of ketones is 1. The Morgan fingerprint density at radius 3 is 2.70 bits per heavy atom. The highest BCUT2D eigenvalue weighted by Crippen LogP contribution is 2.22. The number of hydrogen-bond donors (Lipinski definition) is 0. The standard InChI is InChI=1S/C18H11N3OS/c19-11-13-4-6-14(7-5-13)17(22)9-8-15-12-23-18(21-15)16-3-1-2-10-20-16/h1-10,12H/b9-8-. The average Bonchev–Trinajstić information content (AvgIpc) is 3.09. The van der Waals surface area contributed by atoms with Crippen LogP contribution in [0.4, 0.5) is 0 Å². The molecule has 23 heavy (non-hydrogen) atoms. The Kier molecular flexibility index (Phi) is 4.37. The molecule has 0 aliphatic heterocycles. The first-order valence-electron chi connectivity index (χ1n) is 6.86. The van der Waals surface area contributed by atoms with Crippen LogP contribution >= 0.6 is 11.3 Å². The summed E-state index contributed by atoms with van der Waals surface area (Å²) >= 11 is 1.48. The number of hydrogen-bond acceptors (Lipinski definition) is 5. The van der Waals surface area contributed by atoms with Crippen LogP contribution in [-0.2, 0) is 0 Å². The number of nitriles is 1. The van der Waals surface area contributed by atoms with Gasteiger partial charge in [0.05, 0.1) is 23.0 Å². The zero-order valence-electron chi connectivity index (χ0n) is 12.0. The molecule has 0 spiro atoms. The van der Waals surface area contributed by atoms with Gasteiger partial charge in [0.2, 0.25) is 0 Å². The van der Waals surface area contributed by atoms with E-state index in [-0.39, 0.29) is 5.78 Å². The summed E-state index contributed by atoms with van der Waals surface area (Å²) in [6.07, 6.45) is 4.89. The van der Waals surface area contributed by atoms with Gasteiger partial charge in [0.15, 0.2) is 5.78 Å². The number of nitrogens with zero attached hydrogens (tertiary/aromatic N) is 3. The van der Waals surface area contributed by atoms with Crippen LogP contribution in [0.15, 0.2) is 60.1 Å². The van der Waals surface area contributed by atoms with Crippen molar-refractivity contribution in [3.8, 4) is 16.8 Å². The van der Waals surface area contributed by atoms with Crippen molar-refractivity contribution in [2.45, 2.75) is 0 Å². The molecule has 110 valence electrons. The van der Waals surface area contributed by atoms with Crippen molar-refractivity contribution in [1.82, 2.24) is 9.97 Å². The molecule has 0 fully saturated rings. The maximum absolute atomic E-state index is 12.1. The van der Waals surface area contributed by atoms with Gasteiger partial charge in [-0.2, -0.15) is 5.26 Å². The summed E-state index contributed by atoms with van der Waals surface area (Å²) in [5, 5.41) is 11.5. The van der Waals surface area contributed by atoms with Crippen molar-refractivity contribution in [3.05, 3.63) is 76.9 Å². The Hall–Kier alpha value is -3.10. The molecule has 5 heteroatoms. The Balaban J connectivity index is 1.74. The van der Waals surface area contributed by atoms with E-state index >= 15 is 0 Å². The number of carbonyl (C=O) groups is 1. The maximum Gasteiger partial charge on any atom is 0.185 e. The van der Waals surface area contributed by atoms with Gasteiger partial charge in [0.25, 0.3) is 0 Å². The lowest BCUT2D eigenvalue weighted by molar-refractivity contribution is 0.104. The molecule has 0 amide bonds. The molecule has 2 heterocycles. The summed E-state index contributed by atoms with van der Waals surface area (Å²) in [5.41, 5.74) is 2.61. The Bertz CT molecular complexity index is 890. The van der Waals surface area contributed by atoms with Crippen LogP contribution in [0.3, 0.4) is 0 Å². The summed E-state index contributed by atoms with van der Waals surface area (Å²) in [4.78, 5) is 20.8. The molecular formula is C18H11N3OS. The van der Waals surface area contributed by atoms with Gasteiger partial charge in [-0.05, 0) is 48.6 Å². The molecule has 2 aromatic heterocycles. The zero-order valence-corrected chi connectivity index (χ0v) is 12.8. The van der Waals surface area contributed by atoms with Gasteiger partial charge >= 0.3 is 0 Å². The highest BCUT2D eigenvalue weighted by Gasteiger charge is 2.05. The predicted octanol–water partition coefficient (Wildman–Crippen LogP) is 3.97. The van der Waals surface area contributed by atoms with Gasteiger partial charge in [-0.3, -0.25) is 9.78 Å². The fourth-order valence-electron chi connectivity index (χ4n) is 1.94. The fraction of sp³-hybridized carbons (Fsp3) is 0. The predicted molar refractivity (Wildman–Crippen MR) is 89.9 cm³/mol. The van der Waals surface area contributed by atoms with Gasteiger partial charge in [0, 0.05) is 17.1 Å². The molecule has 3 aromatic rings. The van der Waals surface area contributed by atoms with E-state index in [4.69, 9.17) is 5.26 Å². The molecular weight excluding hydrogens is 306 g/mol. The van der Waals surface area contributed by atoms with Crippen molar-refractivity contribution in [2.24, 2.45) is 0 Å². The van der Waals surface area contributed by atoms with E-state index in [0.717, 1.165) is 16.4 Å². The van der Waals surface area contributed by atoms with Crippen LogP contribution in [-0.4, -0.2) is 15.8 Å². The first-order chi connectivity index (χ1) is 11.3. The lowest BCUT2D eigenvalue weighted by Crippen LogP contribution is -1.93. The minimum absolute atomic E-state index is 0.123. The van der Waals surface area contributed by atoms with Crippen molar-refractivity contribution < 1.29 is 4.79 Å². The molecule has 0 aliphatic rings. The third-order valence-electron chi connectivity index (χ3n) is 3.11. The lowest BCUT2D eigenvalue weighted by atomic mass is 10.1. The molecule has 0 saturated carbocycles. The van der Waals surface area contributed by atoms with Crippen LogP contribution in [0.2, 0.25) is 0 Å². The Morgan fingerprint density at radius 1 is 1.17 bits per heavy atom. The van der Waals surface area contributed by atoms with Gasteiger partial charge in [-0.1, -0.05) is 6.07 Å².